The van der Waals surface area contributed by atoms with Crippen molar-refractivity contribution < 1.29 is 27.2 Å². The van der Waals surface area contributed by atoms with E-state index in [2.05, 4.69) is 4.98 Å². The minimum Gasteiger partial charge on any atom is -0.424 e. The van der Waals surface area contributed by atoms with Crippen LogP contribution in [0.25, 0.3) is 28.0 Å². The van der Waals surface area contributed by atoms with Gasteiger partial charge in [0.1, 0.15) is 11.4 Å². The van der Waals surface area contributed by atoms with Gasteiger partial charge in [0.15, 0.2) is 0 Å². The van der Waals surface area contributed by atoms with Crippen LogP contribution in [0.3, 0.4) is 0 Å². The Balaban J connectivity index is 1.80. The molecule has 1 atom stereocenters. The lowest BCUT2D eigenvalue weighted by Crippen LogP contribution is -2.11. The molecule has 39 heavy (non-hydrogen) atoms. The van der Waals surface area contributed by atoms with Crippen molar-refractivity contribution >= 4 is 24.8 Å². The monoisotopic (exact) mass is 573 g/mol. The first kappa shape index (κ1) is 26.7. The summed E-state index contributed by atoms with van der Waals surface area (Å²) in [6.07, 6.45) is -4.36. The van der Waals surface area contributed by atoms with Crippen molar-refractivity contribution in [1.82, 2.24) is 14.6 Å². The van der Waals surface area contributed by atoms with Gasteiger partial charge in [0.05, 0.1) is 17.0 Å². The van der Waals surface area contributed by atoms with Crippen LogP contribution in [0.4, 0.5) is 13.2 Å². The zero-order chi connectivity index (χ0) is 27.9. The van der Waals surface area contributed by atoms with Crippen molar-refractivity contribution in [3.63, 3.8) is 0 Å². The maximum atomic E-state index is 13.5. The van der Waals surface area contributed by atoms with Crippen LogP contribution in [-0.2, 0) is 17.2 Å². The molecule has 12 heteroatoms. The molecule has 0 fully saturated rings. The summed E-state index contributed by atoms with van der Waals surface area (Å²) in [5.74, 6) is -0.516. The lowest BCUT2D eigenvalue weighted by Gasteiger charge is -2.16. The Bertz CT molecular complexity index is 1780. The summed E-state index contributed by atoms with van der Waals surface area (Å²) in [7, 11) is -4.28. The number of aromatic amines is 1. The number of halogens is 4. The largest absolute Gasteiger partial charge is 0.424 e. The van der Waals surface area contributed by atoms with Gasteiger partial charge in [-0.05, 0) is 41.5 Å². The molecule has 0 amide bonds. The molecule has 2 aromatic heterocycles. The van der Waals surface area contributed by atoms with Gasteiger partial charge in [0.25, 0.3) is 5.56 Å². The quantitative estimate of drug-likeness (QED) is 0.217. The molecule has 0 bridgehead atoms. The van der Waals surface area contributed by atoms with Gasteiger partial charge in [-0.1, -0.05) is 54.1 Å². The molecule has 1 unspecified atom stereocenters. The number of benzene rings is 3. The Hall–Kier alpha value is -3.85. The second-order valence-electron chi connectivity index (χ2n) is 8.87. The maximum Gasteiger partial charge on any atom is 0.416 e. The first-order chi connectivity index (χ1) is 18.4. The van der Waals surface area contributed by atoms with Gasteiger partial charge in [-0.25, -0.2) is 9.08 Å². The summed E-state index contributed by atoms with van der Waals surface area (Å²) in [4.78, 5) is 25.5. The summed E-state index contributed by atoms with van der Waals surface area (Å²) < 4.78 is 58.9. The number of nitrogens with zero attached hydrogens (tertiary/aromatic N) is 2. The van der Waals surface area contributed by atoms with E-state index in [0.717, 1.165) is 30.4 Å². The van der Waals surface area contributed by atoms with Crippen LogP contribution >= 0.6 is 19.2 Å². The molecule has 0 aliphatic heterocycles. The Morgan fingerprint density at radius 3 is 2.38 bits per heavy atom. The van der Waals surface area contributed by atoms with E-state index in [1.54, 1.807) is 24.3 Å². The van der Waals surface area contributed by atoms with Crippen molar-refractivity contribution in [3.8, 4) is 28.1 Å². The van der Waals surface area contributed by atoms with E-state index in [-0.39, 0.29) is 16.9 Å². The van der Waals surface area contributed by atoms with Crippen molar-refractivity contribution in [2.75, 3.05) is 6.66 Å². The van der Waals surface area contributed by atoms with E-state index in [1.165, 1.54) is 4.52 Å². The van der Waals surface area contributed by atoms with Crippen molar-refractivity contribution in [3.05, 3.63) is 111 Å². The highest BCUT2D eigenvalue weighted by Gasteiger charge is 2.32. The Labute approximate surface area is 225 Å². The molecule has 3 aromatic carbocycles. The Morgan fingerprint density at radius 2 is 1.74 bits per heavy atom. The molecule has 0 aliphatic carbocycles. The molecule has 0 spiro atoms. The molecule has 0 saturated heterocycles. The van der Waals surface area contributed by atoms with Crippen LogP contribution in [-0.4, -0.2) is 26.2 Å². The van der Waals surface area contributed by atoms with Crippen LogP contribution in [0.1, 0.15) is 16.8 Å². The first-order valence-electron chi connectivity index (χ1n) is 11.6. The third-order valence-corrected chi connectivity index (χ3v) is 6.68. The number of hydrogen-bond donors (Lipinski definition) is 2. The normalized spacial score (nSPS) is 13.4. The lowest BCUT2D eigenvalue weighted by molar-refractivity contribution is -0.137. The SMILES string of the molecule is CP(=O)(O)Oc1cc(C(F)(F)F)ccc1-c1cc(=O)[nH]c2c(-c3ccc(Cl)cc3)c(Cc3ccccc3)nn12. The molecule has 200 valence electrons. The predicted octanol–water partition coefficient (Wildman–Crippen LogP) is 6.81. The summed E-state index contributed by atoms with van der Waals surface area (Å²) in [5, 5.41) is 5.25. The van der Waals surface area contributed by atoms with E-state index in [0.29, 0.717) is 34.3 Å². The molecule has 7 nitrogen and oxygen atoms in total. The van der Waals surface area contributed by atoms with Crippen LogP contribution in [0.5, 0.6) is 5.75 Å². The van der Waals surface area contributed by atoms with Crippen molar-refractivity contribution in [2.24, 2.45) is 0 Å². The fourth-order valence-electron chi connectivity index (χ4n) is 4.28. The number of aromatic nitrogens is 3. The zero-order valence-electron chi connectivity index (χ0n) is 20.2. The maximum absolute atomic E-state index is 13.5. The number of hydrogen-bond acceptors (Lipinski definition) is 4. The number of fused-ring (bicyclic) bond motifs is 1. The molecule has 0 saturated carbocycles. The van der Waals surface area contributed by atoms with Crippen LogP contribution in [0, 0.1) is 0 Å². The molecule has 5 rings (SSSR count). The summed E-state index contributed by atoms with van der Waals surface area (Å²) in [6.45, 7) is 0.856. The predicted molar refractivity (Wildman–Crippen MR) is 142 cm³/mol. The molecule has 2 N–H and O–H groups in total. The number of H-pyrrole nitrogens is 1. The third-order valence-electron chi connectivity index (χ3n) is 5.90. The smallest absolute Gasteiger partial charge is 0.416 e. The zero-order valence-corrected chi connectivity index (χ0v) is 21.9. The lowest BCUT2D eigenvalue weighted by atomic mass is 10.0. The first-order valence-corrected chi connectivity index (χ1v) is 14.0. The van der Waals surface area contributed by atoms with Crippen LogP contribution < -0.4 is 10.1 Å². The van der Waals surface area contributed by atoms with E-state index in [9.17, 15) is 27.4 Å². The van der Waals surface area contributed by atoms with Gasteiger partial charge < -0.3 is 14.4 Å². The molecular weight excluding hydrogens is 554 g/mol. The van der Waals surface area contributed by atoms with Gasteiger partial charge in [-0.3, -0.25) is 4.79 Å². The average Bonchev–Trinajstić information content (AvgIpc) is 3.20. The van der Waals surface area contributed by atoms with E-state index in [1.807, 2.05) is 30.3 Å². The third kappa shape index (κ3) is 5.78. The van der Waals surface area contributed by atoms with Crippen LogP contribution in [0.15, 0.2) is 83.7 Å². The molecule has 5 aromatic rings. The second kappa shape index (κ2) is 10.0. The number of nitrogens with one attached hydrogen (secondary N) is 1. The number of alkyl halides is 3. The van der Waals surface area contributed by atoms with Crippen LogP contribution in [0.2, 0.25) is 5.02 Å². The highest BCUT2D eigenvalue weighted by atomic mass is 35.5. The van der Waals surface area contributed by atoms with Gasteiger partial charge in [-0.2, -0.15) is 18.3 Å². The Kier molecular flexibility index (Phi) is 6.88. The van der Waals surface area contributed by atoms with Gasteiger partial charge in [0, 0.05) is 35.3 Å². The average molecular weight is 574 g/mol. The standard InChI is InChI=1S/C27H20ClF3N3O4P/c1-39(36,37)38-23-14-18(27(29,30)31)9-12-20(23)22-15-24(35)32-26-25(17-7-10-19(28)11-8-17)21(33-34(22)26)13-16-5-3-2-4-6-16/h2-12,14-15H,13H2,1H3,(H,32,35)(H,36,37). The van der Waals surface area contributed by atoms with E-state index >= 15 is 0 Å². The number of rotatable bonds is 6. The molecule has 2 heterocycles. The molecular formula is C27H20ClF3N3O4P. The summed E-state index contributed by atoms with van der Waals surface area (Å²) in [6, 6.07) is 20.1. The highest BCUT2D eigenvalue weighted by Crippen LogP contribution is 2.45. The van der Waals surface area contributed by atoms with Gasteiger partial charge >= 0.3 is 13.8 Å². The van der Waals surface area contributed by atoms with Gasteiger partial charge in [0.2, 0.25) is 0 Å². The topological polar surface area (TPSA) is 96.7 Å². The highest BCUT2D eigenvalue weighted by molar-refractivity contribution is 7.52. The van der Waals surface area contributed by atoms with Gasteiger partial charge in [-0.15, -0.1) is 0 Å². The van der Waals surface area contributed by atoms with E-state index in [4.69, 9.17) is 21.2 Å². The molecule has 0 aliphatic rings. The fourth-order valence-corrected chi connectivity index (χ4v) is 4.93. The Morgan fingerprint density at radius 1 is 1.05 bits per heavy atom. The fraction of sp³-hybridized carbons (Fsp3) is 0.111. The summed E-state index contributed by atoms with van der Waals surface area (Å²) >= 11 is 6.09. The van der Waals surface area contributed by atoms with Crippen molar-refractivity contribution in [2.45, 2.75) is 12.6 Å². The summed E-state index contributed by atoms with van der Waals surface area (Å²) in [5.41, 5.74) is 1.48. The molecule has 0 radical (unpaired) electrons. The van der Waals surface area contributed by atoms with Crippen molar-refractivity contribution in [1.29, 1.82) is 0 Å². The van der Waals surface area contributed by atoms with E-state index < -0.39 is 30.6 Å². The minimum atomic E-state index is -4.73. The minimum absolute atomic E-state index is 0.0216. The second-order valence-corrected chi connectivity index (χ2v) is 11.1.